The summed E-state index contributed by atoms with van der Waals surface area (Å²) < 4.78 is 11.0. The first kappa shape index (κ1) is 14.6. The van der Waals surface area contributed by atoms with Crippen LogP contribution in [0, 0.1) is 0 Å². The monoisotopic (exact) mass is 270 g/mol. The van der Waals surface area contributed by atoms with Crippen LogP contribution in [0.25, 0.3) is 0 Å². The van der Waals surface area contributed by atoms with Crippen LogP contribution in [0.1, 0.15) is 23.7 Å². The van der Waals surface area contributed by atoms with Gasteiger partial charge in [0.15, 0.2) is 0 Å². The zero-order valence-corrected chi connectivity index (χ0v) is 11.3. The molecule has 100 valence electrons. The zero-order valence-electron chi connectivity index (χ0n) is 10.5. The number of nitrogens with zero attached hydrogens (tertiary/aromatic N) is 1. The van der Waals surface area contributed by atoms with Gasteiger partial charge >= 0.3 is 0 Å². The van der Waals surface area contributed by atoms with Crippen molar-refractivity contribution in [1.29, 1.82) is 0 Å². The lowest BCUT2D eigenvalue weighted by atomic mass is 10.2. The van der Waals surface area contributed by atoms with Crippen LogP contribution in [-0.4, -0.2) is 33.2 Å². The third-order valence-corrected chi connectivity index (χ3v) is 3.25. The second kappa shape index (κ2) is 7.07. The van der Waals surface area contributed by atoms with Crippen molar-refractivity contribution in [3.63, 3.8) is 0 Å². The summed E-state index contributed by atoms with van der Waals surface area (Å²) in [5.74, 6) is 5.65. The Balaban J connectivity index is 2.62. The molecule has 0 aromatic carbocycles. The molecule has 0 aliphatic rings. The van der Waals surface area contributed by atoms with Gasteiger partial charge in [0.1, 0.15) is 0 Å². The summed E-state index contributed by atoms with van der Waals surface area (Å²) in [6.07, 6.45) is 5.33. The molecule has 0 saturated carbocycles. The van der Waals surface area contributed by atoms with Crippen molar-refractivity contribution in [3.05, 3.63) is 24.0 Å². The minimum Gasteiger partial charge on any atom is -0.349 e. The number of carbonyl (C=O) groups excluding carboxylic acids is 1. The van der Waals surface area contributed by atoms with Gasteiger partial charge in [0, 0.05) is 35.0 Å². The fraction of sp³-hybridized carbons (Fsp3) is 0.455. The Labute approximate surface area is 109 Å². The molecule has 0 aliphatic heterocycles. The number of nitrogens with one attached hydrogen (secondary N) is 2. The number of pyridine rings is 1. The largest absolute Gasteiger partial charge is 0.349 e. The number of rotatable bonds is 6. The van der Waals surface area contributed by atoms with Gasteiger partial charge in [-0.25, -0.2) is 0 Å². The van der Waals surface area contributed by atoms with Gasteiger partial charge in [-0.1, -0.05) is 0 Å². The maximum atomic E-state index is 12.0. The summed E-state index contributed by atoms with van der Waals surface area (Å²) in [5, 5.41) is 2.83. The fourth-order valence-electron chi connectivity index (χ4n) is 1.42. The van der Waals surface area contributed by atoms with Crippen LogP contribution in [0.4, 0.5) is 5.69 Å². The van der Waals surface area contributed by atoms with Gasteiger partial charge in [-0.15, -0.1) is 0 Å². The van der Waals surface area contributed by atoms with E-state index in [1.54, 1.807) is 12.3 Å². The summed E-state index contributed by atoms with van der Waals surface area (Å²) in [5.41, 5.74) is 3.34. The molecule has 0 radical (unpaired) electrons. The van der Waals surface area contributed by atoms with Gasteiger partial charge in [-0.05, 0) is 19.4 Å². The van der Waals surface area contributed by atoms with Gasteiger partial charge in [0.25, 0.3) is 5.91 Å². The highest BCUT2D eigenvalue weighted by atomic mass is 32.2. The fourth-order valence-corrected chi connectivity index (χ4v) is 2.11. The maximum Gasteiger partial charge on any atom is 0.253 e. The predicted molar refractivity (Wildman–Crippen MR) is 72.5 cm³/mol. The molecule has 0 aliphatic carbocycles. The first-order chi connectivity index (χ1) is 8.54. The lowest BCUT2D eigenvalue weighted by Gasteiger charge is -2.14. The SMILES string of the molecule is CC(CCS(C)=O)NC(=O)c1ccncc1NN. The summed E-state index contributed by atoms with van der Waals surface area (Å²) >= 11 is 0. The average Bonchev–Trinajstić information content (AvgIpc) is 2.36. The number of nitrogen functional groups attached to an aromatic ring is 1. The predicted octanol–water partition coefficient (Wildman–Crippen LogP) is 0.254. The number of carbonyl (C=O) groups is 1. The Bertz CT molecular complexity index is 439. The molecule has 1 aromatic rings. The highest BCUT2D eigenvalue weighted by Crippen LogP contribution is 2.11. The van der Waals surface area contributed by atoms with Gasteiger partial charge in [0.05, 0.1) is 17.4 Å². The number of nitrogens with two attached hydrogens (primary N) is 1. The molecule has 6 nitrogen and oxygen atoms in total. The van der Waals surface area contributed by atoms with E-state index in [1.807, 2.05) is 6.92 Å². The van der Waals surface area contributed by atoms with E-state index in [4.69, 9.17) is 5.84 Å². The van der Waals surface area contributed by atoms with Gasteiger partial charge in [0.2, 0.25) is 0 Å². The van der Waals surface area contributed by atoms with E-state index in [0.29, 0.717) is 23.4 Å². The van der Waals surface area contributed by atoms with Gasteiger partial charge in [-0.3, -0.25) is 19.8 Å². The molecule has 1 heterocycles. The normalized spacial score (nSPS) is 13.7. The number of anilines is 1. The highest BCUT2D eigenvalue weighted by Gasteiger charge is 2.13. The van der Waals surface area contributed by atoms with E-state index in [2.05, 4.69) is 15.7 Å². The van der Waals surface area contributed by atoms with Crippen molar-refractivity contribution < 1.29 is 9.00 Å². The number of hydrogen-bond donors (Lipinski definition) is 3. The minimum absolute atomic E-state index is 0.0415. The maximum absolute atomic E-state index is 12.0. The molecular formula is C11H18N4O2S. The Morgan fingerprint density at radius 1 is 1.61 bits per heavy atom. The van der Waals surface area contributed by atoms with Crippen molar-refractivity contribution >= 4 is 22.4 Å². The Kier molecular flexibility index (Phi) is 5.73. The summed E-state index contributed by atoms with van der Waals surface area (Å²) in [4.78, 5) is 15.8. The standard InChI is InChI=1S/C11H18N4O2S/c1-8(4-6-18(2)17)14-11(16)9-3-5-13-7-10(9)15-12/h3,5,7-8,15H,4,6,12H2,1-2H3,(H,14,16). The molecular weight excluding hydrogens is 252 g/mol. The molecule has 0 bridgehead atoms. The topological polar surface area (TPSA) is 97.1 Å². The highest BCUT2D eigenvalue weighted by molar-refractivity contribution is 7.84. The van der Waals surface area contributed by atoms with E-state index in [-0.39, 0.29) is 11.9 Å². The molecule has 1 aromatic heterocycles. The smallest absolute Gasteiger partial charge is 0.253 e. The number of hydrogen-bond acceptors (Lipinski definition) is 5. The van der Waals surface area contributed by atoms with Crippen LogP contribution in [-0.2, 0) is 10.8 Å². The van der Waals surface area contributed by atoms with Gasteiger partial charge in [-0.2, -0.15) is 0 Å². The van der Waals surface area contributed by atoms with E-state index in [1.165, 1.54) is 12.4 Å². The molecule has 1 rings (SSSR count). The van der Waals surface area contributed by atoms with Crippen molar-refractivity contribution in [3.8, 4) is 0 Å². The van der Waals surface area contributed by atoms with Crippen molar-refractivity contribution in [1.82, 2.24) is 10.3 Å². The van der Waals surface area contributed by atoms with E-state index in [9.17, 15) is 9.00 Å². The lowest BCUT2D eigenvalue weighted by molar-refractivity contribution is 0.0940. The number of aromatic nitrogens is 1. The molecule has 4 N–H and O–H groups in total. The molecule has 0 spiro atoms. The Morgan fingerprint density at radius 2 is 2.33 bits per heavy atom. The van der Waals surface area contributed by atoms with Gasteiger partial charge < -0.3 is 10.7 Å². The van der Waals surface area contributed by atoms with Crippen LogP contribution in [0.2, 0.25) is 0 Å². The molecule has 2 atom stereocenters. The first-order valence-corrected chi connectivity index (χ1v) is 7.28. The van der Waals surface area contributed by atoms with Crippen molar-refractivity contribution in [2.75, 3.05) is 17.4 Å². The third kappa shape index (κ3) is 4.42. The first-order valence-electron chi connectivity index (χ1n) is 5.56. The van der Waals surface area contributed by atoms with Crippen LogP contribution in [0.15, 0.2) is 18.5 Å². The summed E-state index contributed by atoms with van der Waals surface area (Å²) in [6.45, 7) is 1.88. The van der Waals surface area contributed by atoms with E-state index in [0.717, 1.165) is 0 Å². The number of hydrazine groups is 1. The van der Waals surface area contributed by atoms with Crippen molar-refractivity contribution in [2.24, 2.45) is 5.84 Å². The minimum atomic E-state index is -0.845. The third-order valence-electron chi connectivity index (χ3n) is 2.44. The molecule has 2 unspecified atom stereocenters. The Hall–Kier alpha value is -1.47. The second-order valence-corrected chi connectivity index (χ2v) is 5.56. The van der Waals surface area contributed by atoms with Crippen LogP contribution in [0.3, 0.4) is 0 Å². The summed E-state index contributed by atoms with van der Waals surface area (Å²) in [7, 11) is -0.845. The van der Waals surface area contributed by atoms with E-state index >= 15 is 0 Å². The lowest BCUT2D eigenvalue weighted by Crippen LogP contribution is -2.34. The Morgan fingerprint density at radius 3 is 2.94 bits per heavy atom. The second-order valence-electron chi connectivity index (χ2n) is 4.01. The van der Waals surface area contributed by atoms with Crippen molar-refractivity contribution in [2.45, 2.75) is 19.4 Å². The molecule has 7 heteroatoms. The average molecular weight is 270 g/mol. The molecule has 0 fully saturated rings. The molecule has 18 heavy (non-hydrogen) atoms. The van der Waals surface area contributed by atoms with Crippen LogP contribution < -0.4 is 16.6 Å². The molecule has 0 saturated heterocycles. The zero-order chi connectivity index (χ0) is 13.5. The van der Waals surface area contributed by atoms with Crippen LogP contribution in [0.5, 0.6) is 0 Å². The quantitative estimate of drug-likeness (QED) is 0.509. The number of amides is 1. The summed E-state index contributed by atoms with van der Waals surface area (Å²) in [6, 6.07) is 1.55. The molecule has 1 amide bonds. The van der Waals surface area contributed by atoms with E-state index < -0.39 is 10.8 Å². The van der Waals surface area contributed by atoms with Crippen LogP contribution >= 0.6 is 0 Å².